The molecule has 0 spiro atoms. The standard InChI is InChI=1S/C21H22ClF3N4O4S/c1-2-26-15(10-27-20(32)16-5-6-17(22)34-16)19(31)28-14-4-3-12(9-13(14)21(23,24)25)29-7-8-33-11-18(29)30/h3-6,9,15,26H,2,7-8,10-11H2,1H3,(H,27,32)(H,28,31)/t15-/m0/s1. The van der Waals surface area contributed by atoms with Crippen LogP contribution in [0.1, 0.15) is 22.2 Å². The molecule has 34 heavy (non-hydrogen) atoms. The first kappa shape index (κ1) is 25.9. The molecule has 1 aliphatic rings. The normalized spacial score (nSPS) is 15.2. The van der Waals surface area contributed by atoms with Crippen molar-refractivity contribution in [3.63, 3.8) is 0 Å². The second-order valence-corrected chi connectivity index (χ2v) is 8.95. The van der Waals surface area contributed by atoms with Crippen molar-refractivity contribution in [2.75, 3.05) is 43.1 Å². The number of hydrogen-bond acceptors (Lipinski definition) is 6. The molecule has 0 saturated carbocycles. The fourth-order valence-corrected chi connectivity index (χ4v) is 4.24. The number of hydrogen-bond donors (Lipinski definition) is 3. The molecule has 0 bridgehead atoms. The molecule has 1 saturated heterocycles. The van der Waals surface area contributed by atoms with Crippen LogP contribution in [0.4, 0.5) is 24.5 Å². The molecular formula is C21H22ClF3N4O4S. The van der Waals surface area contributed by atoms with Gasteiger partial charge in [-0.25, -0.2) is 0 Å². The first-order valence-electron chi connectivity index (χ1n) is 10.3. The Morgan fingerprint density at radius 1 is 1.26 bits per heavy atom. The van der Waals surface area contributed by atoms with Crippen LogP contribution in [-0.4, -0.2) is 56.6 Å². The number of carbonyl (C=O) groups excluding carboxylic acids is 3. The number of ether oxygens (including phenoxy) is 1. The number of morpholine rings is 1. The molecular weight excluding hydrogens is 497 g/mol. The van der Waals surface area contributed by atoms with Gasteiger partial charge in [-0.3, -0.25) is 14.4 Å². The number of carbonyl (C=O) groups is 3. The van der Waals surface area contributed by atoms with Gasteiger partial charge >= 0.3 is 6.18 Å². The lowest BCUT2D eigenvalue weighted by Gasteiger charge is -2.28. The molecule has 1 fully saturated rings. The average Bonchev–Trinajstić information content (AvgIpc) is 3.22. The van der Waals surface area contributed by atoms with Crippen molar-refractivity contribution in [1.82, 2.24) is 10.6 Å². The smallest absolute Gasteiger partial charge is 0.370 e. The van der Waals surface area contributed by atoms with Crippen molar-refractivity contribution in [3.05, 3.63) is 45.1 Å². The van der Waals surface area contributed by atoms with Crippen LogP contribution in [0.2, 0.25) is 4.34 Å². The fraction of sp³-hybridized carbons (Fsp3) is 0.381. The van der Waals surface area contributed by atoms with Crippen molar-refractivity contribution in [2.24, 2.45) is 0 Å². The lowest BCUT2D eigenvalue weighted by atomic mass is 10.1. The van der Waals surface area contributed by atoms with E-state index in [0.29, 0.717) is 15.8 Å². The van der Waals surface area contributed by atoms with Crippen molar-refractivity contribution in [2.45, 2.75) is 19.1 Å². The van der Waals surface area contributed by atoms with Gasteiger partial charge in [-0.15, -0.1) is 11.3 Å². The molecule has 3 amide bonds. The van der Waals surface area contributed by atoms with Crippen molar-refractivity contribution in [1.29, 1.82) is 0 Å². The summed E-state index contributed by atoms with van der Waals surface area (Å²) in [6.07, 6.45) is -4.78. The molecule has 2 heterocycles. The lowest BCUT2D eigenvalue weighted by molar-refractivity contribution is -0.137. The highest BCUT2D eigenvalue weighted by atomic mass is 35.5. The van der Waals surface area contributed by atoms with Crippen molar-refractivity contribution in [3.8, 4) is 0 Å². The minimum absolute atomic E-state index is 0.0590. The Morgan fingerprint density at radius 2 is 2.03 bits per heavy atom. The highest BCUT2D eigenvalue weighted by molar-refractivity contribution is 7.18. The molecule has 1 atom stereocenters. The number of thiophene rings is 1. The molecule has 13 heteroatoms. The summed E-state index contributed by atoms with van der Waals surface area (Å²) >= 11 is 6.88. The van der Waals surface area contributed by atoms with Crippen LogP contribution in [-0.2, 0) is 20.5 Å². The Labute approximate surface area is 202 Å². The van der Waals surface area contributed by atoms with Gasteiger partial charge < -0.3 is 25.6 Å². The van der Waals surface area contributed by atoms with E-state index in [4.69, 9.17) is 16.3 Å². The van der Waals surface area contributed by atoms with Gasteiger partial charge in [0.25, 0.3) is 11.8 Å². The molecule has 184 valence electrons. The van der Waals surface area contributed by atoms with Crippen LogP contribution in [0.3, 0.4) is 0 Å². The first-order valence-corrected chi connectivity index (χ1v) is 11.5. The van der Waals surface area contributed by atoms with Gasteiger partial charge in [-0.05, 0) is 36.9 Å². The number of nitrogens with one attached hydrogen (secondary N) is 3. The summed E-state index contributed by atoms with van der Waals surface area (Å²) in [5.74, 6) is -1.67. The molecule has 3 rings (SSSR count). The van der Waals surface area contributed by atoms with Crippen molar-refractivity contribution >= 4 is 52.0 Å². The monoisotopic (exact) mass is 518 g/mol. The van der Waals surface area contributed by atoms with Gasteiger partial charge in [0.05, 0.1) is 27.1 Å². The van der Waals surface area contributed by atoms with Crippen LogP contribution in [0.25, 0.3) is 0 Å². The van der Waals surface area contributed by atoms with E-state index in [1.807, 2.05) is 0 Å². The van der Waals surface area contributed by atoms with Crippen LogP contribution < -0.4 is 20.9 Å². The molecule has 0 radical (unpaired) electrons. The van der Waals surface area contributed by atoms with Gasteiger partial charge in [0.2, 0.25) is 5.91 Å². The summed E-state index contributed by atoms with van der Waals surface area (Å²) < 4.78 is 46.8. The number of likely N-dealkylation sites (N-methyl/N-ethyl adjacent to an activating group) is 1. The predicted molar refractivity (Wildman–Crippen MR) is 122 cm³/mol. The number of amides is 3. The average molecular weight is 519 g/mol. The summed E-state index contributed by atoms with van der Waals surface area (Å²) in [4.78, 5) is 38.6. The Morgan fingerprint density at radius 3 is 2.65 bits per heavy atom. The van der Waals surface area contributed by atoms with E-state index >= 15 is 0 Å². The van der Waals surface area contributed by atoms with E-state index < -0.39 is 41.2 Å². The summed E-state index contributed by atoms with van der Waals surface area (Å²) in [6.45, 7) is 2.02. The molecule has 0 aliphatic carbocycles. The third kappa shape index (κ3) is 6.47. The zero-order valence-corrected chi connectivity index (χ0v) is 19.6. The van der Waals surface area contributed by atoms with Crippen LogP contribution in [0.5, 0.6) is 0 Å². The third-order valence-corrected chi connectivity index (χ3v) is 6.12. The molecule has 2 aromatic rings. The first-order chi connectivity index (χ1) is 16.1. The maximum Gasteiger partial charge on any atom is 0.418 e. The van der Waals surface area contributed by atoms with Gasteiger partial charge in [0.1, 0.15) is 12.6 Å². The molecule has 1 aromatic carbocycles. The highest BCUT2D eigenvalue weighted by Crippen LogP contribution is 2.37. The molecule has 1 aliphatic heterocycles. The molecule has 1 aromatic heterocycles. The van der Waals surface area contributed by atoms with Crippen molar-refractivity contribution < 1.29 is 32.3 Å². The maximum atomic E-state index is 13.8. The largest absolute Gasteiger partial charge is 0.418 e. The van der Waals surface area contributed by atoms with E-state index in [2.05, 4.69) is 16.0 Å². The summed E-state index contributed by atoms with van der Waals surface area (Å²) in [7, 11) is 0. The zero-order valence-electron chi connectivity index (χ0n) is 18.0. The number of rotatable bonds is 8. The third-order valence-electron chi connectivity index (χ3n) is 4.89. The minimum atomic E-state index is -4.78. The molecule has 3 N–H and O–H groups in total. The second kappa shape index (κ2) is 11.2. The Hall–Kier alpha value is -2.67. The lowest BCUT2D eigenvalue weighted by Crippen LogP contribution is -2.48. The Kier molecular flexibility index (Phi) is 8.52. The van der Waals surface area contributed by atoms with Crippen LogP contribution in [0, 0.1) is 0 Å². The number of alkyl halides is 3. The Balaban J connectivity index is 1.76. The highest BCUT2D eigenvalue weighted by Gasteiger charge is 2.36. The maximum absolute atomic E-state index is 13.8. The number of halogens is 4. The van der Waals surface area contributed by atoms with E-state index in [9.17, 15) is 27.6 Å². The van der Waals surface area contributed by atoms with Crippen LogP contribution >= 0.6 is 22.9 Å². The quantitative estimate of drug-likeness (QED) is 0.498. The number of benzene rings is 1. The van der Waals surface area contributed by atoms with Gasteiger partial charge in [0.15, 0.2) is 0 Å². The van der Waals surface area contributed by atoms with Gasteiger partial charge in [-0.1, -0.05) is 18.5 Å². The van der Waals surface area contributed by atoms with E-state index in [-0.39, 0.29) is 32.0 Å². The zero-order chi connectivity index (χ0) is 24.9. The molecule has 8 nitrogen and oxygen atoms in total. The molecule has 0 unspecified atom stereocenters. The van der Waals surface area contributed by atoms with Crippen LogP contribution in [0.15, 0.2) is 30.3 Å². The fourth-order valence-electron chi connectivity index (χ4n) is 3.28. The summed E-state index contributed by atoms with van der Waals surface area (Å²) in [5.41, 5.74) is -1.49. The predicted octanol–water partition coefficient (Wildman–Crippen LogP) is 3.13. The van der Waals surface area contributed by atoms with E-state index in [0.717, 1.165) is 23.5 Å². The summed E-state index contributed by atoms with van der Waals surface area (Å²) in [5, 5.41) is 7.71. The van der Waals surface area contributed by atoms with E-state index in [1.54, 1.807) is 13.0 Å². The minimum Gasteiger partial charge on any atom is -0.370 e. The number of nitrogens with zero attached hydrogens (tertiary/aromatic N) is 1. The van der Waals surface area contributed by atoms with Gasteiger partial charge in [-0.2, -0.15) is 13.2 Å². The Bertz CT molecular complexity index is 1060. The second-order valence-electron chi connectivity index (χ2n) is 7.24. The number of anilines is 2. The van der Waals surface area contributed by atoms with Gasteiger partial charge in [0, 0.05) is 18.8 Å². The topological polar surface area (TPSA) is 99.8 Å². The SMILES string of the molecule is CCN[C@@H](CNC(=O)c1ccc(Cl)s1)C(=O)Nc1ccc(N2CCOCC2=O)cc1C(F)(F)F. The summed E-state index contributed by atoms with van der Waals surface area (Å²) in [6, 6.07) is 5.35. The van der Waals surface area contributed by atoms with E-state index in [1.165, 1.54) is 17.0 Å².